The highest BCUT2D eigenvalue weighted by Gasteiger charge is 2.13. The third kappa shape index (κ3) is 2.32. The molecule has 0 saturated heterocycles. The van der Waals surface area contributed by atoms with E-state index in [1.807, 2.05) is 10.3 Å². The van der Waals surface area contributed by atoms with Gasteiger partial charge in [0.1, 0.15) is 5.83 Å². The van der Waals surface area contributed by atoms with Crippen LogP contribution in [-0.2, 0) is 6.54 Å². The molecule has 0 fully saturated rings. The summed E-state index contributed by atoms with van der Waals surface area (Å²) in [5.74, 6) is -0.0329. The maximum Gasteiger partial charge on any atom is 0.110 e. The van der Waals surface area contributed by atoms with Crippen molar-refractivity contribution in [2.75, 3.05) is 13.1 Å². The first-order chi connectivity index (χ1) is 6.34. The maximum atomic E-state index is 12.8. The quantitative estimate of drug-likeness (QED) is 0.724. The van der Waals surface area contributed by atoms with Crippen LogP contribution in [0.25, 0.3) is 0 Å². The molecule has 0 aromatic carbocycles. The van der Waals surface area contributed by atoms with E-state index in [9.17, 15) is 4.39 Å². The van der Waals surface area contributed by atoms with Crippen molar-refractivity contribution in [2.24, 2.45) is 0 Å². The standard InChI is InChI=1S/C8H10FN3S/c9-7-2-1-3-12(4-7)5-8-6-13-11-10-8/h2,6H,1,3-5H2. The summed E-state index contributed by atoms with van der Waals surface area (Å²) in [6.07, 6.45) is 2.44. The number of nitrogens with zero attached hydrogens (tertiary/aromatic N) is 3. The summed E-state index contributed by atoms with van der Waals surface area (Å²) in [5, 5.41) is 5.82. The minimum atomic E-state index is -0.0329. The highest BCUT2D eigenvalue weighted by atomic mass is 32.1. The van der Waals surface area contributed by atoms with Crippen LogP contribution in [0.1, 0.15) is 12.1 Å². The molecule has 13 heavy (non-hydrogen) atoms. The van der Waals surface area contributed by atoms with Crippen LogP contribution in [0.3, 0.4) is 0 Å². The van der Waals surface area contributed by atoms with Gasteiger partial charge in [-0.05, 0) is 18.0 Å². The largest absolute Gasteiger partial charge is 0.291 e. The lowest BCUT2D eigenvalue weighted by Gasteiger charge is -2.22. The lowest BCUT2D eigenvalue weighted by molar-refractivity contribution is 0.256. The van der Waals surface area contributed by atoms with Crippen molar-refractivity contribution >= 4 is 11.5 Å². The van der Waals surface area contributed by atoms with Gasteiger partial charge in [0.15, 0.2) is 0 Å². The van der Waals surface area contributed by atoms with Gasteiger partial charge in [0.2, 0.25) is 0 Å². The van der Waals surface area contributed by atoms with Gasteiger partial charge in [-0.3, -0.25) is 4.90 Å². The zero-order valence-electron chi connectivity index (χ0n) is 7.11. The molecule has 0 aliphatic carbocycles. The van der Waals surface area contributed by atoms with E-state index >= 15 is 0 Å². The van der Waals surface area contributed by atoms with Crippen molar-refractivity contribution in [2.45, 2.75) is 13.0 Å². The second-order valence-corrected chi connectivity index (χ2v) is 3.66. The topological polar surface area (TPSA) is 29.0 Å². The Hall–Kier alpha value is -0.810. The molecule has 1 aliphatic rings. The van der Waals surface area contributed by atoms with Crippen molar-refractivity contribution in [3.63, 3.8) is 0 Å². The SMILES string of the molecule is FC1=CCCN(Cc2csnn2)C1. The van der Waals surface area contributed by atoms with Gasteiger partial charge in [0, 0.05) is 18.5 Å². The van der Waals surface area contributed by atoms with Crippen LogP contribution in [0.2, 0.25) is 0 Å². The fourth-order valence-corrected chi connectivity index (χ4v) is 1.82. The summed E-state index contributed by atoms with van der Waals surface area (Å²) in [4.78, 5) is 2.03. The Kier molecular flexibility index (Phi) is 2.65. The zero-order valence-corrected chi connectivity index (χ0v) is 7.93. The number of hydrogen-bond donors (Lipinski definition) is 0. The first-order valence-corrected chi connectivity index (χ1v) is 5.01. The Morgan fingerprint density at radius 1 is 1.62 bits per heavy atom. The van der Waals surface area contributed by atoms with Gasteiger partial charge >= 0.3 is 0 Å². The first kappa shape index (κ1) is 8.77. The molecule has 0 N–H and O–H groups in total. The molecule has 3 nitrogen and oxygen atoms in total. The van der Waals surface area contributed by atoms with Crippen LogP contribution in [0.15, 0.2) is 17.3 Å². The Bertz CT molecular complexity index is 296. The van der Waals surface area contributed by atoms with E-state index in [0.717, 1.165) is 18.7 Å². The Labute approximate surface area is 80.0 Å². The second kappa shape index (κ2) is 3.93. The normalized spacial score (nSPS) is 18.7. The summed E-state index contributed by atoms with van der Waals surface area (Å²) < 4.78 is 16.6. The number of hydrogen-bond acceptors (Lipinski definition) is 4. The predicted molar refractivity (Wildman–Crippen MR) is 49.0 cm³/mol. The maximum absolute atomic E-state index is 12.8. The van der Waals surface area contributed by atoms with Gasteiger partial charge in [-0.15, -0.1) is 5.10 Å². The van der Waals surface area contributed by atoms with E-state index in [0.29, 0.717) is 13.1 Å². The summed E-state index contributed by atoms with van der Waals surface area (Å²) in [6.45, 7) is 2.03. The molecule has 1 aromatic rings. The van der Waals surface area contributed by atoms with Crippen LogP contribution in [0, 0.1) is 0 Å². The van der Waals surface area contributed by atoms with Gasteiger partial charge in [-0.2, -0.15) is 0 Å². The van der Waals surface area contributed by atoms with Gasteiger partial charge in [-0.25, -0.2) is 4.39 Å². The van der Waals surface area contributed by atoms with Crippen LogP contribution < -0.4 is 0 Å². The molecule has 5 heteroatoms. The summed E-state index contributed by atoms with van der Waals surface area (Å²) in [5.41, 5.74) is 0.930. The Morgan fingerprint density at radius 2 is 2.54 bits per heavy atom. The Balaban J connectivity index is 1.93. The van der Waals surface area contributed by atoms with E-state index in [1.54, 1.807) is 6.08 Å². The minimum Gasteiger partial charge on any atom is -0.291 e. The average molecular weight is 199 g/mol. The van der Waals surface area contributed by atoms with E-state index < -0.39 is 0 Å². The number of halogens is 1. The highest BCUT2D eigenvalue weighted by Crippen LogP contribution is 2.13. The molecule has 0 bridgehead atoms. The van der Waals surface area contributed by atoms with Gasteiger partial charge in [0.05, 0.1) is 12.2 Å². The molecule has 2 heterocycles. The van der Waals surface area contributed by atoms with Crippen molar-refractivity contribution in [3.05, 3.63) is 23.0 Å². The van der Waals surface area contributed by atoms with Gasteiger partial charge in [-0.1, -0.05) is 10.6 Å². The van der Waals surface area contributed by atoms with E-state index in [4.69, 9.17) is 0 Å². The molecule has 0 radical (unpaired) electrons. The minimum absolute atomic E-state index is 0.0329. The van der Waals surface area contributed by atoms with Gasteiger partial charge < -0.3 is 0 Å². The molecule has 2 rings (SSSR count). The number of rotatable bonds is 2. The summed E-state index contributed by atoms with van der Waals surface area (Å²) >= 11 is 1.33. The van der Waals surface area contributed by atoms with E-state index in [2.05, 4.69) is 9.59 Å². The molecule has 0 saturated carbocycles. The second-order valence-electron chi connectivity index (χ2n) is 3.05. The summed E-state index contributed by atoms with van der Waals surface area (Å²) in [6, 6.07) is 0. The first-order valence-electron chi connectivity index (χ1n) is 4.17. The molecule has 0 unspecified atom stereocenters. The monoisotopic (exact) mass is 199 g/mol. The van der Waals surface area contributed by atoms with E-state index in [-0.39, 0.29) is 5.83 Å². The molecular weight excluding hydrogens is 189 g/mol. The highest BCUT2D eigenvalue weighted by molar-refractivity contribution is 7.03. The van der Waals surface area contributed by atoms with Crippen LogP contribution in [0.4, 0.5) is 4.39 Å². The predicted octanol–water partition coefficient (Wildman–Crippen LogP) is 1.60. The smallest absolute Gasteiger partial charge is 0.110 e. The van der Waals surface area contributed by atoms with Crippen molar-refractivity contribution < 1.29 is 4.39 Å². The molecule has 0 amide bonds. The fraction of sp³-hybridized carbons (Fsp3) is 0.500. The van der Waals surface area contributed by atoms with E-state index in [1.165, 1.54) is 11.5 Å². The van der Waals surface area contributed by atoms with Gasteiger partial charge in [0.25, 0.3) is 0 Å². The van der Waals surface area contributed by atoms with Crippen LogP contribution >= 0.6 is 11.5 Å². The zero-order chi connectivity index (χ0) is 9.10. The molecule has 1 aromatic heterocycles. The lowest BCUT2D eigenvalue weighted by atomic mass is 10.2. The molecule has 0 spiro atoms. The number of aromatic nitrogens is 2. The molecule has 70 valence electrons. The molecule has 1 aliphatic heterocycles. The molecule has 0 atom stereocenters. The lowest BCUT2D eigenvalue weighted by Crippen LogP contribution is -2.28. The van der Waals surface area contributed by atoms with Crippen LogP contribution in [-0.4, -0.2) is 27.6 Å². The average Bonchev–Trinajstić information content (AvgIpc) is 2.57. The van der Waals surface area contributed by atoms with Crippen molar-refractivity contribution in [1.82, 2.24) is 14.5 Å². The third-order valence-corrected chi connectivity index (χ3v) is 2.53. The summed E-state index contributed by atoms with van der Waals surface area (Å²) in [7, 11) is 0. The van der Waals surface area contributed by atoms with Crippen molar-refractivity contribution in [1.29, 1.82) is 0 Å². The van der Waals surface area contributed by atoms with Crippen LogP contribution in [0.5, 0.6) is 0 Å². The third-order valence-electron chi connectivity index (χ3n) is 1.98. The Morgan fingerprint density at radius 3 is 3.23 bits per heavy atom. The molecular formula is C8H10FN3S. The fourth-order valence-electron chi connectivity index (χ4n) is 1.38. The van der Waals surface area contributed by atoms with Crippen molar-refractivity contribution in [3.8, 4) is 0 Å².